The van der Waals surface area contributed by atoms with Gasteiger partial charge in [-0.05, 0) is 90.5 Å². The number of ether oxygens (including phenoxy) is 3. The van der Waals surface area contributed by atoms with Gasteiger partial charge < -0.3 is 28.6 Å². The Hall–Kier alpha value is -7.67. The summed E-state index contributed by atoms with van der Waals surface area (Å²) in [5.74, 6) is 0.893. The van der Waals surface area contributed by atoms with E-state index in [-0.39, 0.29) is 24.0 Å². The van der Waals surface area contributed by atoms with Crippen LogP contribution in [0.1, 0.15) is 21.5 Å². The molecule has 62 heavy (non-hydrogen) atoms. The van der Waals surface area contributed by atoms with E-state index < -0.39 is 0 Å². The number of nitrogens with one attached hydrogen (secondary N) is 2. The number of hydrogen-bond donors (Lipinski definition) is 2. The van der Waals surface area contributed by atoms with Gasteiger partial charge in [0.25, 0.3) is 12.0 Å². The van der Waals surface area contributed by atoms with Gasteiger partial charge in [0.15, 0.2) is 5.78 Å². The summed E-state index contributed by atoms with van der Waals surface area (Å²) in [6.45, 7) is 0.702. The van der Waals surface area contributed by atoms with Crippen LogP contribution in [0, 0.1) is 5.82 Å². The van der Waals surface area contributed by atoms with Crippen molar-refractivity contribution in [1.29, 1.82) is 0 Å². The Labute approximate surface area is 362 Å². The van der Waals surface area contributed by atoms with Crippen molar-refractivity contribution < 1.29 is 32.6 Å². The monoisotopic (exact) mass is 863 g/mol. The maximum Gasteiger partial charge on any atom is 0.295 e. The highest BCUT2D eigenvalue weighted by molar-refractivity contribution is 7.14. The number of furan rings is 1. The number of fused-ring (bicyclic) bond motifs is 3. The summed E-state index contributed by atoms with van der Waals surface area (Å²) >= 11 is 7.02. The Kier molecular flexibility index (Phi) is 12.7. The van der Waals surface area contributed by atoms with Crippen molar-refractivity contribution in [3.8, 4) is 28.4 Å². The van der Waals surface area contributed by atoms with Gasteiger partial charge in [-0.15, -0.1) is 0 Å². The molecule has 308 valence electrons. The molecule has 10 aromatic rings. The normalized spacial score (nSPS) is 10.7. The number of hydrogen-bond acceptors (Lipinski definition) is 8. The van der Waals surface area contributed by atoms with Crippen molar-refractivity contribution in [2.24, 2.45) is 0 Å². The second kappa shape index (κ2) is 19.1. The lowest BCUT2D eigenvalue weighted by Crippen LogP contribution is -2.10. The molecule has 10 nitrogen and oxygen atoms in total. The minimum absolute atomic E-state index is 0.124. The van der Waals surface area contributed by atoms with Crippen LogP contribution >= 0.6 is 23.1 Å². The van der Waals surface area contributed by atoms with Crippen molar-refractivity contribution in [3.05, 3.63) is 208 Å². The van der Waals surface area contributed by atoms with Gasteiger partial charge in [-0.3, -0.25) is 14.4 Å². The van der Waals surface area contributed by atoms with Crippen LogP contribution in [0.5, 0.6) is 11.5 Å². The molecule has 0 aliphatic heterocycles. The smallest absolute Gasteiger partial charge is 0.295 e. The number of halogens is 2. The molecule has 0 amide bonds. The molecule has 6 aromatic carbocycles. The van der Waals surface area contributed by atoms with Gasteiger partial charge in [-0.25, -0.2) is 8.35 Å². The van der Waals surface area contributed by atoms with E-state index in [1.165, 1.54) is 50.9 Å². The molecule has 13 heteroatoms. The molecule has 10 rings (SSSR count). The molecule has 0 radical (unpaired) electrons. The standard InChI is InChI=1S/C19H16N2O.C17H12O5.C13H7ClFNOS/c1-2-4-14(5-3-1)13-22-17-7-6-15-10-18(21-19(15)11-17)16-8-9-20-12-16;18-10-20-11-22-13-6-7-16-14(8-13)15(9-21-16)17(19)12-4-2-1-3-5-12;14-8-1-4-10(5-2-8)16-13(17)11-6-3-9(15)7-12(11)18-16/h1-12,20-21H,13H2;1-10H,11H2;1-7H. The summed E-state index contributed by atoms with van der Waals surface area (Å²) in [5, 5.41) is 2.97. The van der Waals surface area contributed by atoms with Crippen LogP contribution < -0.4 is 15.0 Å². The molecule has 4 aromatic heterocycles. The Balaban J connectivity index is 0.000000129. The molecule has 4 heterocycles. The zero-order valence-corrected chi connectivity index (χ0v) is 34.2. The van der Waals surface area contributed by atoms with Crippen molar-refractivity contribution in [2.75, 3.05) is 6.79 Å². The molecule has 0 saturated carbocycles. The molecule has 0 aliphatic carbocycles. The van der Waals surface area contributed by atoms with Crippen LogP contribution in [0.3, 0.4) is 0 Å². The van der Waals surface area contributed by atoms with Crippen LogP contribution in [0.2, 0.25) is 5.02 Å². The second-order valence-corrected chi connectivity index (χ2v) is 15.1. The van der Waals surface area contributed by atoms with Gasteiger partial charge >= 0.3 is 0 Å². The third-order valence-electron chi connectivity index (χ3n) is 9.55. The largest absolute Gasteiger partial charge is 0.489 e. The third-order valence-corrected chi connectivity index (χ3v) is 10.9. The van der Waals surface area contributed by atoms with Crippen LogP contribution in [0.4, 0.5) is 4.39 Å². The zero-order chi connectivity index (χ0) is 42.8. The van der Waals surface area contributed by atoms with E-state index >= 15 is 0 Å². The predicted molar refractivity (Wildman–Crippen MR) is 240 cm³/mol. The van der Waals surface area contributed by atoms with Gasteiger partial charge in [0.05, 0.1) is 21.3 Å². The van der Waals surface area contributed by atoms with E-state index in [4.69, 9.17) is 25.5 Å². The zero-order valence-electron chi connectivity index (χ0n) is 32.6. The fourth-order valence-electron chi connectivity index (χ4n) is 6.48. The summed E-state index contributed by atoms with van der Waals surface area (Å²) < 4.78 is 36.3. The minimum atomic E-state index is -0.341. The molecule has 2 N–H and O–H groups in total. The number of nitrogens with zero attached hydrogens (tertiary/aromatic N) is 1. The minimum Gasteiger partial charge on any atom is -0.489 e. The van der Waals surface area contributed by atoms with Crippen molar-refractivity contribution >= 4 is 67.3 Å². The number of benzene rings is 6. The number of carbonyl (C=O) groups is 2. The van der Waals surface area contributed by atoms with Crippen LogP contribution in [-0.4, -0.2) is 33.0 Å². The first-order valence-corrected chi connectivity index (χ1v) is 20.3. The number of H-pyrrole nitrogens is 2. The number of rotatable bonds is 11. The molecule has 0 aliphatic rings. The maximum atomic E-state index is 13.1. The van der Waals surface area contributed by atoms with Gasteiger partial charge in [-0.1, -0.05) is 83.8 Å². The van der Waals surface area contributed by atoms with E-state index in [0.717, 1.165) is 28.2 Å². The lowest BCUT2D eigenvalue weighted by molar-refractivity contribution is -0.134. The number of carbonyl (C=O) groups excluding carboxylic acids is 2. The van der Waals surface area contributed by atoms with Gasteiger partial charge in [-0.2, -0.15) is 0 Å². The molecule has 0 unspecified atom stereocenters. The molecule has 0 fully saturated rings. The van der Waals surface area contributed by atoms with Crippen LogP contribution in [-0.2, 0) is 16.1 Å². The highest BCUT2D eigenvalue weighted by atomic mass is 35.5. The third kappa shape index (κ3) is 9.68. The fourth-order valence-corrected chi connectivity index (χ4v) is 7.63. The van der Waals surface area contributed by atoms with E-state index in [1.807, 2.05) is 42.7 Å². The summed E-state index contributed by atoms with van der Waals surface area (Å²) in [6.07, 6.45) is 5.35. The summed E-state index contributed by atoms with van der Waals surface area (Å²) in [6, 6.07) is 45.7. The highest BCUT2D eigenvalue weighted by Crippen LogP contribution is 2.29. The quantitative estimate of drug-likeness (QED) is 0.0573. The Morgan fingerprint density at radius 1 is 0.806 bits per heavy atom. The number of aromatic amines is 2. The van der Waals surface area contributed by atoms with Crippen LogP contribution in [0.25, 0.3) is 48.9 Å². The maximum absolute atomic E-state index is 13.1. The average molecular weight is 864 g/mol. The molecular weight excluding hydrogens is 829 g/mol. The molecule has 0 bridgehead atoms. The lowest BCUT2D eigenvalue weighted by atomic mass is 10.0. The lowest BCUT2D eigenvalue weighted by Gasteiger charge is -2.06. The highest BCUT2D eigenvalue weighted by Gasteiger charge is 2.16. The van der Waals surface area contributed by atoms with E-state index in [9.17, 15) is 18.8 Å². The molecular formula is C49H35ClFN3O7S. The van der Waals surface area contributed by atoms with E-state index in [1.54, 1.807) is 66.7 Å². The van der Waals surface area contributed by atoms with Crippen molar-refractivity contribution in [2.45, 2.75) is 6.61 Å². The first-order valence-electron chi connectivity index (χ1n) is 19.1. The Morgan fingerprint density at radius 2 is 1.56 bits per heavy atom. The summed E-state index contributed by atoms with van der Waals surface area (Å²) in [4.78, 5) is 41.3. The number of aromatic nitrogens is 3. The molecule has 0 spiro atoms. The average Bonchev–Trinajstić information content (AvgIpc) is 4.13. The predicted octanol–water partition coefficient (Wildman–Crippen LogP) is 11.8. The summed E-state index contributed by atoms with van der Waals surface area (Å²) in [7, 11) is 0. The number of ketones is 1. The summed E-state index contributed by atoms with van der Waals surface area (Å²) in [5.41, 5.74) is 6.73. The Morgan fingerprint density at radius 3 is 2.32 bits per heavy atom. The second-order valence-electron chi connectivity index (χ2n) is 13.6. The first-order chi connectivity index (χ1) is 30.3. The molecule has 0 saturated heterocycles. The van der Waals surface area contributed by atoms with E-state index in [0.29, 0.717) is 56.0 Å². The van der Waals surface area contributed by atoms with E-state index in [2.05, 4.69) is 51.1 Å². The SMILES string of the molecule is O=COCOc1ccc2occ(C(=O)c3ccccc3)c2c1.O=c1c2ccc(F)cc2sn1-c1ccc(Cl)cc1.c1ccc(COc2ccc3cc(-c4cc[nH]c4)[nH]c3c2)cc1. The van der Waals surface area contributed by atoms with Crippen molar-refractivity contribution in [1.82, 2.24) is 13.9 Å². The van der Waals surface area contributed by atoms with Crippen molar-refractivity contribution in [3.63, 3.8) is 0 Å². The topological polar surface area (TPSA) is 129 Å². The van der Waals surface area contributed by atoms with Gasteiger partial charge in [0.2, 0.25) is 6.79 Å². The Bertz CT molecular complexity index is 3140. The van der Waals surface area contributed by atoms with Gasteiger partial charge in [0.1, 0.15) is 35.8 Å². The molecule has 0 atom stereocenters. The fraction of sp³-hybridized carbons (Fsp3) is 0.0408. The van der Waals surface area contributed by atoms with Gasteiger partial charge in [0, 0.05) is 56.6 Å². The first kappa shape index (κ1) is 41.1. The van der Waals surface area contributed by atoms with Crippen LogP contribution in [0.15, 0.2) is 180 Å².